The Balaban J connectivity index is 2.44. The molecule has 1 unspecified atom stereocenters. The van der Waals surface area contributed by atoms with Crippen LogP contribution in [0.3, 0.4) is 0 Å². The van der Waals surface area contributed by atoms with Crippen LogP contribution >= 0.6 is 15.9 Å². The van der Waals surface area contributed by atoms with Crippen molar-refractivity contribution in [1.29, 1.82) is 10.5 Å². The van der Waals surface area contributed by atoms with Gasteiger partial charge in [-0.2, -0.15) is 10.5 Å². The third-order valence-electron chi connectivity index (χ3n) is 3.91. The molecule has 0 amide bonds. The van der Waals surface area contributed by atoms with Crippen LogP contribution in [0.5, 0.6) is 0 Å². The lowest BCUT2D eigenvalue weighted by Crippen LogP contribution is -2.05. The van der Waals surface area contributed by atoms with E-state index in [1.54, 1.807) is 0 Å². The Bertz CT molecular complexity index is 862. The van der Waals surface area contributed by atoms with Gasteiger partial charge in [0.2, 0.25) is 0 Å². The summed E-state index contributed by atoms with van der Waals surface area (Å²) < 4.78 is 6.60. The molecule has 22 heavy (non-hydrogen) atoms. The minimum absolute atomic E-state index is 0.203. The molecule has 0 saturated carbocycles. The number of nitrogens with zero attached hydrogens (tertiary/aromatic N) is 2. The van der Waals surface area contributed by atoms with Gasteiger partial charge in [0.1, 0.15) is 12.1 Å². The molecule has 0 fully saturated rings. The van der Waals surface area contributed by atoms with Crippen LogP contribution in [0.1, 0.15) is 35.3 Å². The lowest BCUT2D eigenvalue weighted by molar-refractivity contribution is 0.0796. The zero-order chi connectivity index (χ0) is 15.9. The molecule has 0 spiro atoms. The van der Waals surface area contributed by atoms with E-state index in [1.165, 1.54) is 0 Å². The van der Waals surface area contributed by atoms with Gasteiger partial charge in [0.05, 0.1) is 29.5 Å². The highest BCUT2D eigenvalue weighted by atomic mass is 79.9. The molecule has 3 rings (SSSR count). The first kappa shape index (κ1) is 14.6. The first-order valence-electron chi connectivity index (χ1n) is 6.74. The van der Waals surface area contributed by atoms with Gasteiger partial charge in [0.25, 0.3) is 0 Å². The molecule has 0 bridgehead atoms. The van der Waals surface area contributed by atoms with Gasteiger partial charge in [-0.3, -0.25) is 0 Å². The number of rotatable bonds is 1. The monoisotopic (exact) mass is 353 g/mol. The van der Waals surface area contributed by atoms with Crippen LogP contribution in [-0.2, 0) is 11.3 Å². The molecule has 1 aliphatic heterocycles. The van der Waals surface area contributed by atoms with Gasteiger partial charge in [-0.05, 0) is 30.2 Å². The lowest BCUT2D eigenvalue weighted by atomic mass is 9.86. The predicted molar refractivity (Wildman–Crippen MR) is 86.6 cm³/mol. The molecule has 1 atom stereocenters. The predicted octanol–water partition coefficient (Wildman–Crippen LogP) is 4.03. The highest BCUT2D eigenvalue weighted by Gasteiger charge is 2.31. The Kier molecular flexibility index (Phi) is 3.62. The van der Waals surface area contributed by atoms with Gasteiger partial charge in [0, 0.05) is 15.6 Å². The fourth-order valence-corrected chi connectivity index (χ4v) is 3.33. The quantitative estimate of drug-likeness (QED) is 0.784. The van der Waals surface area contributed by atoms with Crippen molar-refractivity contribution in [3.05, 3.63) is 51.0 Å². The van der Waals surface area contributed by atoms with Crippen molar-refractivity contribution in [2.24, 2.45) is 0 Å². The van der Waals surface area contributed by atoms with Crippen LogP contribution in [-0.4, -0.2) is 0 Å². The fourth-order valence-electron chi connectivity index (χ4n) is 2.93. The molecule has 1 aliphatic rings. The molecule has 2 aromatic rings. The van der Waals surface area contributed by atoms with Crippen molar-refractivity contribution in [1.82, 2.24) is 0 Å². The van der Waals surface area contributed by atoms with E-state index in [4.69, 9.17) is 10.5 Å². The number of nitrogens with two attached hydrogens (primary N) is 1. The zero-order valence-corrected chi connectivity index (χ0v) is 13.4. The van der Waals surface area contributed by atoms with Gasteiger partial charge in [-0.15, -0.1) is 0 Å². The van der Waals surface area contributed by atoms with E-state index in [-0.39, 0.29) is 11.8 Å². The van der Waals surface area contributed by atoms with E-state index in [2.05, 4.69) is 28.1 Å². The molecule has 0 aliphatic carbocycles. The minimum atomic E-state index is -0.203. The molecular formula is C17H12BrN3O. The SMILES string of the molecule is CC1OCc2c(-c3cccc(Br)c3)c(C#N)c(N)c(C#N)c21. The van der Waals surface area contributed by atoms with Gasteiger partial charge >= 0.3 is 0 Å². The second kappa shape index (κ2) is 5.46. The van der Waals surface area contributed by atoms with Gasteiger partial charge < -0.3 is 10.5 Å². The van der Waals surface area contributed by atoms with E-state index < -0.39 is 0 Å². The summed E-state index contributed by atoms with van der Waals surface area (Å²) in [7, 11) is 0. The maximum atomic E-state index is 9.56. The summed E-state index contributed by atoms with van der Waals surface area (Å²) in [6, 6.07) is 12.0. The van der Waals surface area contributed by atoms with Crippen molar-refractivity contribution in [2.75, 3.05) is 5.73 Å². The second-order valence-corrected chi connectivity index (χ2v) is 6.03. The molecule has 2 N–H and O–H groups in total. The maximum absolute atomic E-state index is 9.56. The minimum Gasteiger partial charge on any atom is -0.397 e. The summed E-state index contributed by atoms with van der Waals surface area (Å²) in [5.74, 6) is 0. The largest absolute Gasteiger partial charge is 0.397 e. The first-order chi connectivity index (χ1) is 10.6. The Hall–Kier alpha value is -2.34. The van der Waals surface area contributed by atoms with Crippen molar-refractivity contribution >= 4 is 21.6 Å². The van der Waals surface area contributed by atoms with Crippen molar-refractivity contribution in [3.8, 4) is 23.3 Å². The van der Waals surface area contributed by atoms with Crippen LogP contribution in [0.2, 0.25) is 0 Å². The van der Waals surface area contributed by atoms with Crippen molar-refractivity contribution < 1.29 is 4.74 Å². The summed E-state index contributed by atoms with van der Waals surface area (Å²) in [4.78, 5) is 0. The Labute approximate surface area is 136 Å². The van der Waals surface area contributed by atoms with Crippen LogP contribution < -0.4 is 5.73 Å². The van der Waals surface area contributed by atoms with Crippen LogP contribution in [0, 0.1) is 22.7 Å². The summed E-state index contributed by atoms with van der Waals surface area (Å²) in [5.41, 5.74) is 10.4. The van der Waals surface area contributed by atoms with E-state index in [0.29, 0.717) is 17.7 Å². The van der Waals surface area contributed by atoms with E-state index in [1.807, 2.05) is 31.2 Å². The summed E-state index contributed by atoms with van der Waals surface area (Å²) in [6.07, 6.45) is -0.203. The topological polar surface area (TPSA) is 82.8 Å². The normalized spacial score (nSPS) is 15.9. The first-order valence-corrected chi connectivity index (χ1v) is 7.53. The highest BCUT2D eigenvalue weighted by molar-refractivity contribution is 9.10. The van der Waals surface area contributed by atoms with E-state index >= 15 is 0 Å². The molecule has 0 saturated heterocycles. The average Bonchev–Trinajstić information content (AvgIpc) is 2.88. The number of hydrogen-bond donors (Lipinski definition) is 1. The molecule has 0 radical (unpaired) electrons. The number of hydrogen-bond acceptors (Lipinski definition) is 4. The smallest absolute Gasteiger partial charge is 0.102 e. The second-order valence-electron chi connectivity index (χ2n) is 5.12. The molecule has 1 heterocycles. The Morgan fingerprint density at radius 1 is 1.27 bits per heavy atom. The highest BCUT2D eigenvalue weighted by Crippen LogP contribution is 2.44. The fraction of sp³-hybridized carbons (Fsp3) is 0.176. The van der Waals surface area contributed by atoms with E-state index in [9.17, 15) is 10.5 Å². The average molecular weight is 354 g/mol. The van der Waals surface area contributed by atoms with Crippen LogP contribution in [0.4, 0.5) is 5.69 Å². The number of benzene rings is 2. The molecule has 0 aromatic heterocycles. The number of nitrogen functional groups attached to an aromatic ring is 1. The van der Waals surface area contributed by atoms with Crippen LogP contribution in [0.25, 0.3) is 11.1 Å². The molecule has 4 nitrogen and oxygen atoms in total. The van der Waals surface area contributed by atoms with Crippen molar-refractivity contribution in [3.63, 3.8) is 0 Å². The van der Waals surface area contributed by atoms with E-state index in [0.717, 1.165) is 26.7 Å². The summed E-state index contributed by atoms with van der Waals surface area (Å²) in [5, 5.41) is 19.0. The third-order valence-corrected chi connectivity index (χ3v) is 4.40. The Morgan fingerprint density at radius 2 is 2.00 bits per heavy atom. The van der Waals surface area contributed by atoms with Crippen molar-refractivity contribution in [2.45, 2.75) is 19.6 Å². The summed E-state index contributed by atoms with van der Waals surface area (Å²) >= 11 is 3.45. The molecule has 5 heteroatoms. The van der Waals surface area contributed by atoms with Gasteiger partial charge in [0.15, 0.2) is 0 Å². The number of fused-ring (bicyclic) bond motifs is 1. The zero-order valence-electron chi connectivity index (χ0n) is 11.9. The standard InChI is InChI=1S/C17H12BrN3O/c1-9-15-12(6-19)17(21)13(7-20)16(14(15)8-22-9)10-3-2-4-11(18)5-10/h2-5,9H,8,21H2,1H3. The maximum Gasteiger partial charge on any atom is 0.102 e. The third kappa shape index (κ3) is 2.07. The number of halogens is 1. The molecular weight excluding hydrogens is 342 g/mol. The van der Waals surface area contributed by atoms with Gasteiger partial charge in [-0.25, -0.2) is 0 Å². The van der Waals surface area contributed by atoms with Crippen LogP contribution in [0.15, 0.2) is 28.7 Å². The number of ether oxygens (including phenoxy) is 1. The Morgan fingerprint density at radius 3 is 2.64 bits per heavy atom. The molecule has 108 valence electrons. The summed E-state index contributed by atoms with van der Waals surface area (Å²) in [6.45, 7) is 2.27. The number of nitriles is 2. The number of anilines is 1. The lowest BCUT2D eigenvalue weighted by Gasteiger charge is -2.16. The van der Waals surface area contributed by atoms with Gasteiger partial charge in [-0.1, -0.05) is 28.1 Å². The molecule has 2 aromatic carbocycles.